The zero-order valence-corrected chi connectivity index (χ0v) is 12.5. The van der Waals surface area contributed by atoms with Crippen molar-refractivity contribution in [3.63, 3.8) is 0 Å². The second kappa shape index (κ2) is 6.00. The average molecular weight is 309 g/mol. The zero-order chi connectivity index (χ0) is 15.5. The van der Waals surface area contributed by atoms with Crippen LogP contribution in [-0.4, -0.2) is 10.9 Å². The van der Waals surface area contributed by atoms with Crippen molar-refractivity contribution in [1.29, 1.82) is 0 Å². The molecule has 2 aromatic carbocycles. The molecule has 1 aromatic heterocycles. The van der Waals surface area contributed by atoms with Gasteiger partial charge in [-0.2, -0.15) is 0 Å². The lowest BCUT2D eigenvalue weighted by Crippen LogP contribution is -2.07. The number of fused-ring (bicyclic) bond motifs is 1. The van der Waals surface area contributed by atoms with Crippen molar-refractivity contribution < 1.29 is 4.79 Å². The molecule has 3 aromatic rings. The summed E-state index contributed by atoms with van der Waals surface area (Å²) in [5.41, 5.74) is 3.54. The van der Waals surface area contributed by atoms with Crippen molar-refractivity contribution in [3.8, 4) is 11.1 Å². The fraction of sp³-hybridized carbons (Fsp3) is 0. The summed E-state index contributed by atoms with van der Waals surface area (Å²) >= 11 is 6.05. The third-order valence-corrected chi connectivity index (χ3v) is 3.58. The number of hydrogen-bond donors (Lipinski definition) is 1. The van der Waals surface area contributed by atoms with Gasteiger partial charge in [0.15, 0.2) is 0 Å². The standard InChI is InChI=1S/C18H13ClN2O/c1-2-18(22)21-17-8-9-20-16-7-6-13(11-15(16)17)12-4-3-5-14(19)10-12/h2-11H,1H2,(H,20,21,22). The van der Waals surface area contributed by atoms with Gasteiger partial charge >= 0.3 is 0 Å². The molecule has 4 heteroatoms. The Hall–Kier alpha value is -2.65. The van der Waals surface area contributed by atoms with Crippen LogP contribution in [0.15, 0.2) is 67.4 Å². The van der Waals surface area contributed by atoms with Crippen molar-refractivity contribution >= 4 is 34.1 Å². The highest BCUT2D eigenvalue weighted by Gasteiger charge is 2.06. The van der Waals surface area contributed by atoms with Crippen LogP contribution in [0.4, 0.5) is 5.69 Å². The van der Waals surface area contributed by atoms with Gasteiger partial charge in [0.2, 0.25) is 5.91 Å². The fourth-order valence-electron chi connectivity index (χ4n) is 2.29. The van der Waals surface area contributed by atoms with E-state index in [0.717, 1.165) is 22.0 Å². The first-order valence-electron chi connectivity index (χ1n) is 6.75. The van der Waals surface area contributed by atoms with Gasteiger partial charge in [-0.25, -0.2) is 0 Å². The molecule has 0 atom stereocenters. The van der Waals surface area contributed by atoms with Crippen molar-refractivity contribution in [3.05, 3.63) is 72.4 Å². The summed E-state index contributed by atoms with van der Waals surface area (Å²) in [6, 6.07) is 15.3. The van der Waals surface area contributed by atoms with Gasteiger partial charge in [0.25, 0.3) is 0 Å². The Morgan fingerprint density at radius 2 is 1.95 bits per heavy atom. The number of amides is 1. The predicted octanol–water partition coefficient (Wildman–Crippen LogP) is 4.68. The van der Waals surface area contributed by atoms with Gasteiger partial charge in [-0.05, 0) is 47.5 Å². The van der Waals surface area contributed by atoms with Crippen LogP contribution in [-0.2, 0) is 4.79 Å². The fourth-order valence-corrected chi connectivity index (χ4v) is 2.48. The third kappa shape index (κ3) is 2.85. The van der Waals surface area contributed by atoms with E-state index in [2.05, 4.69) is 16.9 Å². The highest BCUT2D eigenvalue weighted by Crippen LogP contribution is 2.29. The molecule has 1 N–H and O–H groups in total. The number of hydrogen-bond acceptors (Lipinski definition) is 2. The molecular weight excluding hydrogens is 296 g/mol. The van der Waals surface area contributed by atoms with Crippen LogP contribution in [0.3, 0.4) is 0 Å². The Morgan fingerprint density at radius 1 is 1.14 bits per heavy atom. The van der Waals surface area contributed by atoms with E-state index in [9.17, 15) is 4.79 Å². The summed E-state index contributed by atoms with van der Waals surface area (Å²) in [7, 11) is 0. The largest absolute Gasteiger partial charge is 0.322 e. The molecule has 0 fully saturated rings. The molecule has 0 saturated carbocycles. The van der Waals surface area contributed by atoms with E-state index < -0.39 is 0 Å². The first-order chi connectivity index (χ1) is 10.7. The van der Waals surface area contributed by atoms with Crippen LogP contribution in [0.25, 0.3) is 22.0 Å². The van der Waals surface area contributed by atoms with Crippen LogP contribution in [0.5, 0.6) is 0 Å². The molecule has 0 saturated heterocycles. The molecule has 0 unspecified atom stereocenters. The Kier molecular flexibility index (Phi) is 3.90. The van der Waals surface area contributed by atoms with Crippen LogP contribution in [0.2, 0.25) is 5.02 Å². The highest BCUT2D eigenvalue weighted by molar-refractivity contribution is 6.30. The number of halogens is 1. The second-order valence-corrected chi connectivity index (χ2v) is 5.23. The van der Waals surface area contributed by atoms with Crippen molar-refractivity contribution in [2.24, 2.45) is 0 Å². The maximum atomic E-state index is 11.6. The second-order valence-electron chi connectivity index (χ2n) is 4.79. The predicted molar refractivity (Wildman–Crippen MR) is 91.0 cm³/mol. The smallest absolute Gasteiger partial charge is 0.247 e. The molecule has 0 bridgehead atoms. The summed E-state index contributed by atoms with van der Waals surface area (Å²) in [6.45, 7) is 3.47. The number of nitrogens with zero attached hydrogens (tertiary/aromatic N) is 1. The lowest BCUT2D eigenvalue weighted by molar-refractivity contribution is -0.111. The zero-order valence-electron chi connectivity index (χ0n) is 11.7. The van der Waals surface area contributed by atoms with Crippen molar-refractivity contribution in [2.75, 3.05) is 5.32 Å². The quantitative estimate of drug-likeness (QED) is 0.714. The molecule has 0 radical (unpaired) electrons. The maximum Gasteiger partial charge on any atom is 0.247 e. The molecule has 22 heavy (non-hydrogen) atoms. The normalized spacial score (nSPS) is 10.4. The molecule has 3 nitrogen and oxygen atoms in total. The van der Waals surface area contributed by atoms with Crippen LogP contribution in [0, 0.1) is 0 Å². The van der Waals surface area contributed by atoms with Gasteiger partial charge in [0.1, 0.15) is 0 Å². The molecular formula is C18H13ClN2O. The molecule has 3 rings (SSSR count). The van der Waals surface area contributed by atoms with E-state index in [1.54, 1.807) is 12.3 Å². The Bertz CT molecular complexity index is 874. The SMILES string of the molecule is C=CC(=O)Nc1ccnc2ccc(-c3cccc(Cl)c3)cc12. The molecule has 0 aliphatic heterocycles. The van der Waals surface area contributed by atoms with E-state index in [4.69, 9.17) is 11.6 Å². The molecule has 0 aliphatic carbocycles. The van der Waals surface area contributed by atoms with Gasteiger partial charge in [-0.1, -0.05) is 36.4 Å². The van der Waals surface area contributed by atoms with E-state index in [0.29, 0.717) is 10.7 Å². The number of pyridine rings is 1. The summed E-state index contributed by atoms with van der Waals surface area (Å²) < 4.78 is 0. The summed E-state index contributed by atoms with van der Waals surface area (Å²) in [4.78, 5) is 15.9. The lowest BCUT2D eigenvalue weighted by Gasteiger charge is -2.09. The van der Waals surface area contributed by atoms with Crippen molar-refractivity contribution in [1.82, 2.24) is 4.98 Å². The summed E-state index contributed by atoms with van der Waals surface area (Å²) in [6.07, 6.45) is 2.91. The number of carbonyl (C=O) groups excluding carboxylic acids is 1. The molecule has 1 amide bonds. The monoisotopic (exact) mass is 308 g/mol. The Morgan fingerprint density at radius 3 is 2.73 bits per heavy atom. The highest BCUT2D eigenvalue weighted by atomic mass is 35.5. The summed E-state index contributed by atoms with van der Waals surface area (Å²) in [5, 5.41) is 4.36. The van der Waals surface area contributed by atoms with E-state index >= 15 is 0 Å². The van der Waals surface area contributed by atoms with Crippen LogP contribution < -0.4 is 5.32 Å². The molecule has 108 valence electrons. The lowest BCUT2D eigenvalue weighted by atomic mass is 10.0. The number of benzene rings is 2. The van der Waals surface area contributed by atoms with Gasteiger partial charge in [-0.15, -0.1) is 0 Å². The average Bonchev–Trinajstić information content (AvgIpc) is 2.54. The van der Waals surface area contributed by atoms with Gasteiger partial charge < -0.3 is 5.32 Å². The third-order valence-electron chi connectivity index (χ3n) is 3.34. The van der Waals surface area contributed by atoms with Gasteiger partial charge in [0.05, 0.1) is 11.2 Å². The number of anilines is 1. The number of carbonyl (C=O) groups is 1. The minimum Gasteiger partial charge on any atom is -0.322 e. The first-order valence-corrected chi connectivity index (χ1v) is 7.13. The first kappa shape index (κ1) is 14.3. The van der Waals surface area contributed by atoms with Gasteiger partial charge in [0, 0.05) is 16.6 Å². The Labute approximate surface area is 133 Å². The summed E-state index contributed by atoms with van der Waals surface area (Å²) in [5.74, 6) is -0.249. The topological polar surface area (TPSA) is 42.0 Å². The minimum atomic E-state index is -0.249. The van der Waals surface area contributed by atoms with Crippen LogP contribution in [0.1, 0.15) is 0 Å². The number of aromatic nitrogens is 1. The molecule has 0 spiro atoms. The van der Waals surface area contributed by atoms with Crippen LogP contribution >= 0.6 is 11.6 Å². The Balaban J connectivity index is 2.13. The maximum absolute atomic E-state index is 11.6. The van der Waals surface area contributed by atoms with Crippen molar-refractivity contribution in [2.45, 2.75) is 0 Å². The van der Waals surface area contributed by atoms with E-state index in [1.807, 2.05) is 42.5 Å². The van der Waals surface area contributed by atoms with E-state index in [-0.39, 0.29) is 5.91 Å². The number of rotatable bonds is 3. The van der Waals surface area contributed by atoms with Gasteiger partial charge in [-0.3, -0.25) is 9.78 Å². The molecule has 0 aliphatic rings. The minimum absolute atomic E-state index is 0.249. The number of nitrogens with one attached hydrogen (secondary N) is 1. The molecule has 1 heterocycles. The van der Waals surface area contributed by atoms with E-state index in [1.165, 1.54) is 6.08 Å².